The van der Waals surface area contributed by atoms with Crippen LogP contribution in [-0.2, 0) is 35.6 Å². The van der Waals surface area contributed by atoms with Crippen molar-refractivity contribution in [1.82, 2.24) is 34.9 Å². The van der Waals surface area contributed by atoms with Crippen molar-refractivity contribution in [2.24, 2.45) is 5.92 Å². The topological polar surface area (TPSA) is 130 Å². The van der Waals surface area contributed by atoms with E-state index in [2.05, 4.69) is 25.5 Å². The molecule has 2 aromatic heterocycles. The molecule has 12 heteroatoms. The zero-order valence-corrected chi connectivity index (χ0v) is 23.7. The third kappa shape index (κ3) is 4.87. The van der Waals surface area contributed by atoms with Crippen molar-refractivity contribution >= 4 is 46.0 Å². The largest absolute Gasteiger partial charge is 0.347 e. The maximum Gasteiger partial charge on any atom is 0.322 e. The summed E-state index contributed by atoms with van der Waals surface area (Å²) in [7, 11) is 0. The van der Waals surface area contributed by atoms with E-state index in [1.54, 1.807) is 23.5 Å². The number of aromatic amines is 2. The first kappa shape index (κ1) is 26.5. The van der Waals surface area contributed by atoms with E-state index in [1.165, 1.54) is 0 Å². The van der Waals surface area contributed by atoms with Crippen LogP contribution < -0.4 is 5.32 Å². The third-order valence-electron chi connectivity index (χ3n) is 8.80. The first-order valence-corrected chi connectivity index (χ1v) is 14.7. The van der Waals surface area contributed by atoms with Gasteiger partial charge in [0.1, 0.15) is 5.82 Å². The van der Waals surface area contributed by atoms with E-state index in [0.29, 0.717) is 62.8 Å². The fourth-order valence-corrected chi connectivity index (χ4v) is 6.85. The molecule has 1 atom stereocenters. The average Bonchev–Trinajstić information content (AvgIpc) is 3.68. The van der Waals surface area contributed by atoms with Gasteiger partial charge < -0.3 is 25.0 Å². The van der Waals surface area contributed by atoms with E-state index in [9.17, 15) is 14.4 Å². The Labute approximate surface area is 247 Å². The molecule has 42 heavy (non-hydrogen) atoms. The van der Waals surface area contributed by atoms with E-state index in [-0.39, 0.29) is 30.3 Å². The van der Waals surface area contributed by atoms with Crippen LogP contribution >= 0.6 is 11.6 Å². The number of fused-ring (bicyclic) bond motifs is 4. The van der Waals surface area contributed by atoms with E-state index in [1.807, 2.05) is 40.1 Å². The Balaban J connectivity index is 1.07. The number of carbonyl (C=O) groups is 3. The molecule has 3 aliphatic heterocycles. The number of amides is 4. The molecule has 0 bridgehead atoms. The minimum absolute atomic E-state index is 0.0443. The number of anilines is 1. The molecule has 216 valence electrons. The number of halogens is 1. The lowest BCUT2D eigenvalue weighted by molar-refractivity contribution is -0.142. The van der Waals surface area contributed by atoms with E-state index in [0.717, 1.165) is 33.3 Å². The lowest BCUT2D eigenvalue weighted by Gasteiger charge is -2.40. The molecule has 4 aromatic rings. The number of piperidine rings is 1. The van der Waals surface area contributed by atoms with Crippen molar-refractivity contribution in [3.05, 3.63) is 76.5 Å². The van der Waals surface area contributed by atoms with Crippen LogP contribution in [0.2, 0.25) is 5.02 Å². The van der Waals surface area contributed by atoms with Crippen LogP contribution in [0.5, 0.6) is 0 Å². The second-order valence-electron chi connectivity index (χ2n) is 11.3. The van der Waals surface area contributed by atoms with Gasteiger partial charge in [0.25, 0.3) is 0 Å². The average molecular weight is 587 g/mol. The summed E-state index contributed by atoms with van der Waals surface area (Å²) in [4.78, 5) is 53.2. The van der Waals surface area contributed by atoms with Crippen LogP contribution in [0.25, 0.3) is 10.9 Å². The highest BCUT2D eigenvalue weighted by molar-refractivity contribution is 6.35. The highest BCUT2D eigenvalue weighted by Gasteiger charge is 2.36. The van der Waals surface area contributed by atoms with Gasteiger partial charge in [-0.25, -0.2) is 9.78 Å². The molecule has 7 rings (SSSR count). The zero-order chi connectivity index (χ0) is 28.8. The summed E-state index contributed by atoms with van der Waals surface area (Å²) >= 11 is 6.58. The molecule has 1 saturated heterocycles. The number of hydrogen-bond acceptors (Lipinski definition) is 5. The molecule has 3 aliphatic rings. The van der Waals surface area contributed by atoms with Crippen molar-refractivity contribution in [2.45, 2.75) is 51.4 Å². The fraction of sp³-hybridized carbons (Fsp3) is 0.367. The number of nitrogens with zero attached hydrogens (tertiary/aromatic N) is 5. The summed E-state index contributed by atoms with van der Waals surface area (Å²) in [6, 6.07) is 9.69. The number of rotatable bonds is 5. The summed E-state index contributed by atoms with van der Waals surface area (Å²) in [5, 5.41) is 11.6. The van der Waals surface area contributed by atoms with Crippen molar-refractivity contribution in [3.63, 3.8) is 0 Å². The molecule has 1 fully saturated rings. The Morgan fingerprint density at radius 3 is 2.74 bits per heavy atom. The Hall–Kier alpha value is -4.38. The van der Waals surface area contributed by atoms with E-state index < -0.39 is 5.92 Å². The molecule has 3 N–H and O–H groups in total. The minimum atomic E-state index is -0.531. The number of H-pyrrole nitrogens is 2. The molecule has 0 saturated carbocycles. The summed E-state index contributed by atoms with van der Waals surface area (Å²) in [5.41, 5.74) is 4.63. The maximum atomic E-state index is 13.9. The molecule has 5 heterocycles. The smallest absolute Gasteiger partial charge is 0.322 e. The zero-order valence-electron chi connectivity index (χ0n) is 23.0. The molecule has 0 spiro atoms. The Bertz CT molecular complexity index is 1660. The summed E-state index contributed by atoms with van der Waals surface area (Å²) < 4.78 is 0. The number of hydrogen-bond donors (Lipinski definition) is 3. The summed E-state index contributed by atoms with van der Waals surface area (Å²) in [5.74, 6) is 0.0244. The van der Waals surface area contributed by atoms with Gasteiger partial charge in [0.05, 0.1) is 29.2 Å². The number of likely N-dealkylation sites (tertiary alicyclic amines) is 1. The highest BCUT2D eigenvalue weighted by atomic mass is 35.5. The number of urea groups is 1. The van der Waals surface area contributed by atoms with Crippen molar-refractivity contribution in [2.75, 3.05) is 18.4 Å². The van der Waals surface area contributed by atoms with Gasteiger partial charge in [-0.05, 0) is 48.1 Å². The molecule has 2 aromatic carbocycles. The van der Waals surface area contributed by atoms with E-state index >= 15 is 0 Å². The Morgan fingerprint density at radius 2 is 1.93 bits per heavy atom. The van der Waals surface area contributed by atoms with Crippen LogP contribution in [0, 0.1) is 5.92 Å². The number of imidazole rings is 1. The molecular formula is C30H31ClN8O3. The van der Waals surface area contributed by atoms with Crippen LogP contribution in [-0.4, -0.2) is 71.8 Å². The molecule has 0 radical (unpaired) electrons. The second-order valence-corrected chi connectivity index (χ2v) is 11.7. The maximum absolute atomic E-state index is 13.9. The fourth-order valence-electron chi connectivity index (χ4n) is 6.57. The Kier molecular flexibility index (Phi) is 6.81. The Morgan fingerprint density at radius 1 is 1.10 bits per heavy atom. The van der Waals surface area contributed by atoms with Gasteiger partial charge in [-0.15, -0.1) is 0 Å². The number of carbonyl (C=O) groups excluding carboxylic acids is 3. The van der Waals surface area contributed by atoms with Gasteiger partial charge in [0, 0.05) is 62.1 Å². The van der Waals surface area contributed by atoms with Crippen LogP contribution in [0.4, 0.5) is 10.5 Å². The van der Waals surface area contributed by atoms with Gasteiger partial charge in [-0.3, -0.25) is 14.7 Å². The van der Waals surface area contributed by atoms with Crippen molar-refractivity contribution in [1.29, 1.82) is 0 Å². The van der Waals surface area contributed by atoms with Gasteiger partial charge in [0.2, 0.25) is 11.8 Å². The van der Waals surface area contributed by atoms with Gasteiger partial charge in [0.15, 0.2) is 0 Å². The molecule has 0 unspecified atom stereocenters. The lowest BCUT2D eigenvalue weighted by Crippen LogP contribution is -2.51. The first-order chi connectivity index (χ1) is 20.4. The van der Waals surface area contributed by atoms with Gasteiger partial charge in [-0.1, -0.05) is 29.8 Å². The predicted molar refractivity (Wildman–Crippen MR) is 156 cm³/mol. The molecule has 11 nitrogen and oxygen atoms in total. The van der Waals surface area contributed by atoms with Crippen molar-refractivity contribution in [3.8, 4) is 0 Å². The SMILES string of the molecule is O=C(C[C@@H]1Cc2cc(Cl)c3[nH]ncc3c2CN(Cc2ncc[nH]2)C1=O)N1CCC(N2Cc3ccccc3NC2=O)CC1. The first-order valence-electron chi connectivity index (χ1n) is 14.3. The van der Waals surface area contributed by atoms with Crippen LogP contribution in [0.15, 0.2) is 48.9 Å². The molecular weight excluding hydrogens is 556 g/mol. The molecule has 0 aliphatic carbocycles. The normalized spacial score (nSPS) is 19.5. The highest BCUT2D eigenvalue weighted by Crippen LogP contribution is 2.35. The number of benzene rings is 2. The monoisotopic (exact) mass is 586 g/mol. The number of nitrogens with one attached hydrogen (secondary N) is 3. The third-order valence-corrected chi connectivity index (χ3v) is 9.10. The number of para-hydroxylation sites is 1. The second kappa shape index (κ2) is 10.8. The molecule has 4 amide bonds. The lowest BCUT2D eigenvalue weighted by atomic mass is 9.92. The summed E-state index contributed by atoms with van der Waals surface area (Å²) in [6.07, 6.45) is 7.05. The standard InChI is InChI=1S/C30H31ClN8O3/c31-24-12-19-11-20(29(41)38(17-26-32-7-8-33-26)16-23(19)22-14-34-36-28(22)24)13-27(40)37-9-5-21(6-10-37)39-15-18-3-1-2-4-25(18)35-30(39)42/h1-4,7-8,12,14,20-21H,5-6,9-11,13,15-17H2,(H,32,33)(H,34,36)(H,35,42)/t20-/m0/s1. The minimum Gasteiger partial charge on any atom is -0.347 e. The summed E-state index contributed by atoms with van der Waals surface area (Å²) in [6.45, 7) is 2.34. The van der Waals surface area contributed by atoms with Crippen LogP contribution in [0.1, 0.15) is 41.8 Å². The van der Waals surface area contributed by atoms with Crippen molar-refractivity contribution < 1.29 is 14.4 Å². The van der Waals surface area contributed by atoms with Gasteiger partial charge >= 0.3 is 6.03 Å². The predicted octanol–water partition coefficient (Wildman–Crippen LogP) is 4.07. The van der Waals surface area contributed by atoms with Gasteiger partial charge in [-0.2, -0.15) is 5.10 Å². The quantitative estimate of drug-likeness (QED) is 0.324. The van der Waals surface area contributed by atoms with Crippen LogP contribution in [0.3, 0.4) is 0 Å². The number of aromatic nitrogens is 4. The van der Waals surface area contributed by atoms with E-state index in [4.69, 9.17) is 11.6 Å².